The second-order valence-electron chi connectivity index (χ2n) is 6.04. The predicted octanol–water partition coefficient (Wildman–Crippen LogP) is 3.44. The molecule has 0 unspecified atom stereocenters. The van der Waals surface area contributed by atoms with Gasteiger partial charge in [0.05, 0.1) is 27.5 Å². The molecule has 9 heteroatoms. The molecule has 0 aliphatic heterocycles. The van der Waals surface area contributed by atoms with Crippen LogP contribution >= 0.6 is 22.9 Å². The molecule has 0 fully saturated rings. The zero-order chi connectivity index (χ0) is 18.8. The van der Waals surface area contributed by atoms with Crippen molar-refractivity contribution in [2.24, 2.45) is 0 Å². The molecule has 0 saturated carbocycles. The Morgan fingerprint density at radius 1 is 1.37 bits per heavy atom. The fourth-order valence-electron chi connectivity index (χ4n) is 2.81. The zero-order valence-corrected chi connectivity index (χ0v) is 16.2. The number of thiophene rings is 1. The second kappa shape index (κ2) is 7.50. The van der Waals surface area contributed by atoms with E-state index in [4.69, 9.17) is 11.6 Å². The van der Waals surface area contributed by atoms with Crippen molar-refractivity contribution in [1.29, 1.82) is 0 Å². The van der Waals surface area contributed by atoms with Gasteiger partial charge in [-0.15, -0.1) is 11.3 Å². The summed E-state index contributed by atoms with van der Waals surface area (Å²) in [7, 11) is 0. The van der Waals surface area contributed by atoms with Crippen molar-refractivity contribution >= 4 is 34.5 Å². The first-order valence-corrected chi connectivity index (χ1v) is 9.73. The SMILES string of the molecule is Cc1nn(CCCNC(=O)c2cnn3c(-c4cccs4)ccnc23)cc1Cl. The maximum atomic E-state index is 12.5. The zero-order valence-electron chi connectivity index (χ0n) is 14.6. The molecule has 0 spiro atoms. The fourth-order valence-corrected chi connectivity index (χ4v) is 3.70. The number of aryl methyl sites for hydroxylation is 2. The molecule has 1 amide bonds. The number of aromatic nitrogens is 5. The minimum atomic E-state index is -0.185. The number of hydrogen-bond donors (Lipinski definition) is 1. The van der Waals surface area contributed by atoms with Gasteiger partial charge in [-0.1, -0.05) is 17.7 Å². The fraction of sp³-hybridized carbons (Fsp3) is 0.222. The van der Waals surface area contributed by atoms with Gasteiger partial charge in [-0.05, 0) is 30.9 Å². The van der Waals surface area contributed by atoms with Crippen molar-refractivity contribution in [3.8, 4) is 10.6 Å². The molecule has 0 atom stereocenters. The number of carbonyl (C=O) groups is 1. The molecule has 0 bridgehead atoms. The first-order valence-electron chi connectivity index (χ1n) is 8.48. The van der Waals surface area contributed by atoms with Gasteiger partial charge in [-0.2, -0.15) is 10.2 Å². The van der Waals surface area contributed by atoms with Crippen LogP contribution < -0.4 is 5.32 Å². The lowest BCUT2D eigenvalue weighted by molar-refractivity contribution is 0.0954. The number of rotatable bonds is 6. The number of nitrogens with zero attached hydrogens (tertiary/aromatic N) is 5. The molecule has 0 saturated heterocycles. The van der Waals surface area contributed by atoms with Crippen molar-refractivity contribution in [2.75, 3.05) is 6.54 Å². The standard InChI is InChI=1S/C18H17ClN6OS/c1-12-14(19)11-24(23-12)8-3-6-21-18(26)13-10-22-25-15(5-7-20-17(13)25)16-4-2-9-27-16/h2,4-5,7,9-11H,3,6,8H2,1H3,(H,21,26). The number of fused-ring (bicyclic) bond motifs is 1. The van der Waals surface area contributed by atoms with Crippen molar-refractivity contribution < 1.29 is 4.79 Å². The number of amides is 1. The van der Waals surface area contributed by atoms with E-state index in [1.165, 1.54) is 0 Å². The van der Waals surface area contributed by atoms with E-state index in [0.29, 0.717) is 29.3 Å². The summed E-state index contributed by atoms with van der Waals surface area (Å²) in [6, 6.07) is 5.90. The van der Waals surface area contributed by atoms with E-state index in [1.54, 1.807) is 39.1 Å². The van der Waals surface area contributed by atoms with Crippen LogP contribution in [0, 0.1) is 6.92 Å². The Morgan fingerprint density at radius 3 is 3.00 bits per heavy atom. The van der Waals surface area contributed by atoms with E-state index in [0.717, 1.165) is 22.7 Å². The Kier molecular flexibility index (Phi) is 4.91. The predicted molar refractivity (Wildman–Crippen MR) is 105 cm³/mol. The topological polar surface area (TPSA) is 77.1 Å². The molecular formula is C18H17ClN6OS. The van der Waals surface area contributed by atoms with E-state index >= 15 is 0 Å². The van der Waals surface area contributed by atoms with Crippen molar-refractivity contribution in [3.05, 3.63) is 58.4 Å². The van der Waals surface area contributed by atoms with Gasteiger partial charge in [0.15, 0.2) is 5.65 Å². The minimum Gasteiger partial charge on any atom is -0.352 e. The number of nitrogens with one attached hydrogen (secondary N) is 1. The molecule has 1 N–H and O–H groups in total. The molecule has 0 aliphatic rings. The average molecular weight is 401 g/mol. The lowest BCUT2D eigenvalue weighted by Gasteiger charge is -2.05. The third kappa shape index (κ3) is 3.58. The second-order valence-corrected chi connectivity index (χ2v) is 7.39. The summed E-state index contributed by atoms with van der Waals surface area (Å²) in [4.78, 5) is 18.0. The molecule has 4 rings (SSSR count). The maximum Gasteiger partial charge on any atom is 0.256 e. The van der Waals surface area contributed by atoms with Crippen molar-refractivity contribution in [2.45, 2.75) is 19.9 Å². The van der Waals surface area contributed by atoms with Crippen molar-refractivity contribution in [3.63, 3.8) is 0 Å². The van der Waals surface area contributed by atoms with Gasteiger partial charge in [0.1, 0.15) is 5.56 Å². The smallest absolute Gasteiger partial charge is 0.256 e. The molecule has 27 heavy (non-hydrogen) atoms. The summed E-state index contributed by atoms with van der Waals surface area (Å²) < 4.78 is 3.49. The highest BCUT2D eigenvalue weighted by Crippen LogP contribution is 2.25. The normalized spacial score (nSPS) is 11.2. The highest BCUT2D eigenvalue weighted by atomic mass is 35.5. The minimum absolute atomic E-state index is 0.185. The Bertz CT molecular complexity index is 1070. The summed E-state index contributed by atoms with van der Waals surface area (Å²) in [5.74, 6) is -0.185. The third-order valence-corrected chi connectivity index (χ3v) is 5.42. The Hall–Kier alpha value is -2.71. The highest BCUT2D eigenvalue weighted by molar-refractivity contribution is 7.13. The first kappa shape index (κ1) is 17.7. The summed E-state index contributed by atoms with van der Waals surface area (Å²) in [5.41, 5.74) is 2.74. The number of carbonyl (C=O) groups excluding carboxylic acids is 1. The van der Waals surface area contributed by atoms with Crippen molar-refractivity contribution in [1.82, 2.24) is 29.7 Å². The maximum absolute atomic E-state index is 12.5. The van der Waals surface area contributed by atoms with Gasteiger partial charge >= 0.3 is 0 Å². The summed E-state index contributed by atoms with van der Waals surface area (Å²) in [6.07, 6.45) is 5.80. The van der Waals surface area contributed by atoms with Gasteiger partial charge in [0.25, 0.3) is 5.91 Å². The van der Waals surface area contributed by atoms with Gasteiger partial charge < -0.3 is 5.32 Å². The quantitative estimate of drug-likeness (QED) is 0.503. The van der Waals surface area contributed by atoms with Crippen LogP contribution in [-0.2, 0) is 6.54 Å². The van der Waals surface area contributed by atoms with Gasteiger partial charge in [-0.3, -0.25) is 9.48 Å². The van der Waals surface area contributed by atoms with Crippen LogP contribution in [0.1, 0.15) is 22.5 Å². The largest absolute Gasteiger partial charge is 0.352 e. The molecule has 4 aromatic rings. The van der Waals surface area contributed by atoms with E-state index in [2.05, 4.69) is 20.5 Å². The monoisotopic (exact) mass is 400 g/mol. The lowest BCUT2D eigenvalue weighted by atomic mass is 10.3. The molecule has 7 nitrogen and oxygen atoms in total. The lowest BCUT2D eigenvalue weighted by Crippen LogP contribution is -2.25. The van der Waals surface area contributed by atoms with E-state index < -0.39 is 0 Å². The molecule has 4 heterocycles. The van der Waals surface area contributed by atoms with Crippen LogP contribution in [0.25, 0.3) is 16.2 Å². The number of hydrogen-bond acceptors (Lipinski definition) is 5. The molecule has 4 aromatic heterocycles. The van der Waals surface area contributed by atoms with E-state index in [1.807, 2.05) is 30.5 Å². The van der Waals surface area contributed by atoms with Crippen LogP contribution in [0.4, 0.5) is 0 Å². The third-order valence-electron chi connectivity index (χ3n) is 4.16. The van der Waals surface area contributed by atoms with Gasteiger partial charge in [-0.25, -0.2) is 9.50 Å². The first-order chi connectivity index (χ1) is 13.1. The van der Waals surface area contributed by atoms with E-state index in [-0.39, 0.29) is 5.91 Å². The van der Waals surface area contributed by atoms with Crippen LogP contribution in [0.3, 0.4) is 0 Å². The summed E-state index contributed by atoms with van der Waals surface area (Å²) in [6.45, 7) is 3.07. The summed E-state index contributed by atoms with van der Waals surface area (Å²) >= 11 is 7.62. The van der Waals surface area contributed by atoms with E-state index in [9.17, 15) is 4.79 Å². The highest BCUT2D eigenvalue weighted by Gasteiger charge is 2.16. The van der Waals surface area contributed by atoms with Gasteiger partial charge in [0.2, 0.25) is 0 Å². The molecule has 0 aromatic carbocycles. The molecular weight excluding hydrogens is 384 g/mol. The molecule has 138 valence electrons. The van der Waals surface area contributed by atoms with Crippen LogP contribution in [0.2, 0.25) is 5.02 Å². The Labute approximate surface area is 164 Å². The molecule has 0 aliphatic carbocycles. The van der Waals surface area contributed by atoms with Crippen LogP contribution in [0.5, 0.6) is 0 Å². The average Bonchev–Trinajstić information content (AvgIpc) is 3.39. The Balaban J connectivity index is 1.43. The number of halogens is 1. The Morgan fingerprint density at radius 2 is 2.26 bits per heavy atom. The molecule has 0 radical (unpaired) electrons. The van der Waals surface area contributed by atoms with Gasteiger partial charge in [0, 0.05) is 25.5 Å². The van der Waals surface area contributed by atoms with Crippen LogP contribution in [0.15, 0.2) is 42.2 Å². The van der Waals surface area contributed by atoms with Crippen LogP contribution in [-0.4, -0.2) is 36.8 Å². The summed E-state index contributed by atoms with van der Waals surface area (Å²) in [5, 5.41) is 14.2.